The van der Waals surface area contributed by atoms with Crippen LogP contribution in [0.3, 0.4) is 0 Å². The molecule has 0 radical (unpaired) electrons. The predicted octanol–water partition coefficient (Wildman–Crippen LogP) is 2.10. The first-order valence-corrected chi connectivity index (χ1v) is 5.29. The highest BCUT2D eigenvalue weighted by Crippen LogP contribution is 2.66. The van der Waals surface area contributed by atoms with E-state index in [0.29, 0.717) is 5.92 Å². The molecule has 0 aromatic heterocycles. The fourth-order valence-electron chi connectivity index (χ4n) is 3.29. The summed E-state index contributed by atoms with van der Waals surface area (Å²) in [5.74, 6) is 0.612. The molecule has 2 bridgehead atoms. The predicted molar refractivity (Wildman–Crippen MR) is 53.4 cm³/mol. The van der Waals surface area contributed by atoms with Gasteiger partial charge in [-0.15, -0.1) is 0 Å². The Morgan fingerprint density at radius 3 is 2.17 bits per heavy atom. The van der Waals surface area contributed by atoms with E-state index in [-0.39, 0.29) is 22.2 Å². The van der Waals surface area contributed by atoms with Crippen LogP contribution in [-0.4, -0.2) is 16.5 Å². The lowest BCUT2D eigenvalue weighted by molar-refractivity contribution is 0.0150. The first-order chi connectivity index (χ1) is 5.41. The van der Waals surface area contributed by atoms with Gasteiger partial charge >= 0.3 is 0 Å². The zero-order chi connectivity index (χ0) is 9.15. The van der Waals surface area contributed by atoms with Crippen LogP contribution in [0.2, 0.25) is 0 Å². The molecule has 70 valence electrons. The van der Waals surface area contributed by atoms with E-state index in [1.165, 1.54) is 12.8 Å². The summed E-state index contributed by atoms with van der Waals surface area (Å²) >= 11 is 4.51. The Bertz CT molecular complexity index is 214. The zero-order valence-corrected chi connectivity index (χ0v) is 8.94. The van der Waals surface area contributed by atoms with Crippen LogP contribution in [-0.2, 0) is 0 Å². The van der Waals surface area contributed by atoms with Gasteiger partial charge in [0.25, 0.3) is 0 Å². The van der Waals surface area contributed by atoms with Gasteiger partial charge in [-0.3, -0.25) is 0 Å². The second-order valence-electron chi connectivity index (χ2n) is 5.22. The van der Waals surface area contributed by atoms with Crippen LogP contribution < -0.4 is 0 Å². The van der Waals surface area contributed by atoms with Gasteiger partial charge in [-0.05, 0) is 29.6 Å². The summed E-state index contributed by atoms with van der Waals surface area (Å²) in [6.07, 6.45) is 2.21. The maximum Gasteiger partial charge on any atom is 0.0717 e. The van der Waals surface area contributed by atoms with Gasteiger partial charge in [-0.1, -0.05) is 20.8 Å². The minimum absolute atomic E-state index is 0.115. The van der Waals surface area contributed by atoms with Crippen molar-refractivity contribution in [3.63, 3.8) is 0 Å². The van der Waals surface area contributed by atoms with E-state index in [4.69, 9.17) is 0 Å². The Labute approximate surface area is 80.0 Å². The van der Waals surface area contributed by atoms with E-state index >= 15 is 0 Å². The van der Waals surface area contributed by atoms with Gasteiger partial charge in [-0.2, -0.15) is 12.6 Å². The number of fused-ring (bicyclic) bond motifs is 2. The van der Waals surface area contributed by atoms with Gasteiger partial charge in [0, 0.05) is 5.25 Å². The Morgan fingerprint density at radius 2 is 1.92 bits per heavy atom. The largest absolute Gasteiger partial charge is 0.391 e. The minimum atomic E-state index is -0.199. The third-order valence-corrected chi connectivity index (χ3v) is 5.40. The highest BCUT2D eigenvalue weighted by atomic mass is 32.1. The van der Waals surface area contributed by atoms with E-state index in [0.717, 1.165) is 0 Å². The summed E-state index contributed by atoms with van der Waals surface area (Å²) in [6, 6.07) is 0. The van der Waals surface area contributed by atoms with Crippen LogP contribution >= 0.6 is 12.6 Å². The topological polar surface area (TPSA) is 20.2 Å². The average Bonchev–Trinajstić information content (AvgIpc) is 2.26. The van der Waals surface area contributed by atoms with Crippen LogP contribution in [0.4, 0.5) is 0 Å². The van der Waals surface area contributed by atoms with Crippen molar-refractivity contribution in [3.8, 4) is 0 Å². The summed E-state index contributed by atoms with van der Waals surface area (Å²) in [6.45, 7) is 6.78. The first kappa shape index (κ1) is 8.89. The van der Waals surface area contributed by atoms with Gasteiger partial charge in [0.15, 0.2) is 0 Å². The van der Waals surface area contributed by atoms with Crippen molar-refractivity contribution < 1.29 is 5.11 Å². The normalized spacial score (nSPS) is 56.2. The summed E-state index contributed by atoms with van der Waals surface area (Å²) in [5.41, 5.74) is 0.392. The van der Waals surface area contributed by atoms with E-state index in [9.17, 15) is 5.11 Å². The maximum atomic E-state index is 10.0. The first-order valence-electron chi connectivity index (χ1n) is 4.77. The molecule has 2 heteroatoms. The van der Waals surface area contributed by atoms with E-state index in [1.54, 1.807) is 0 Å². The van der Waals surface area contributed by atoms with Crippen LogP contribution in [0.1, 0.15) is 33.6 Å². The molecule has 0 spiro atoms. The quantitative estimate of drug-likeness (QED) is 0.555. The highest BCUT2D eigenvalue weighted by molar-refractivity contribution is 7.81. The Kier molecular flexibility index (Phi) is 1.64. The number of aliphatic hydroxyl groups excluding tert-OH is 1. The van der Waals surface area contributed by atoms with Crippen LogP contribution in [0.15, 0.2) is 0 Å². The fraction of sp³-hybridized carbons (Fsp3) is 1.00. The second kappa shape index (κ2) is 2.21. The number of hydrogen-bond donors (Lipinski definition) is 2. The molecule has 2 rings (SSSR count). The molecule has 0 aromatic carbocycles. The fourth-order valence-corrected chi connectivity index (χ4v) is 4.14. The average molecular weight is 186 g/mol. The van der Waals surface area contributed by atoms with Crippen molar-refractivity contribution >= 4 is 12.6 Å². The van der Waals surface area contributed by atoms with Crippen molar-refractivity contribution in [2.45, 2.75) is 45.0 Å². The van der Waals surface area contributed by atoms with Crippen LogP contribution in [0.5, 0.6) is 0 Å². The lowest BCUT2D eigenvalue weighted by atomic mass is 9.70. The highest BCUT2D eigenvalue weighted by Gasteiger charge is 2.64. The molecule has 1 N–H and O–H groups in total. The third kappa shape index (κ3) is 0.717. The number of aliphatic hydroxyl groups is 1. The lowest BCUT2D eigenvalue weighted by Crippen LogP contribution is -2.37. The van der Waals surface area contributed by atoms with Gasteiger partial charge in [0.1, 0.15) is 0 Å². The van der Waals surface area contributed by atoms with Crippen molar-refractivity contribution in [2.24, 2.45) is 16.7 Å². The van der Waals surface area contributed by atoms with Crippen LogP contribution in [0.25, 0.3) is 0 Å². The van der Waals surface area contributed by atoms with E-state index in [2.05, 4.69) is 33.4 Å². The molecule has 0 aromatic rings. The van der Waals surface area contributed by atoms with E-state index < -0.39 is 0 Å². The molecular formula is C10H18OS. The monoisotopic (exact) mass is 186 g/mol. The van der Waals surface area contributed by atoms with Crippen molar-refractivity contribution in [3.05, 3.63) is 0 Å². The Hall–Kier alpha value is 0.310. The SMILES string of the molecule is CC1(C)[C@H]2CC[C@@]1(C)[C@H](O)[C@@H]2S. The molecule has 2 saturated carbocycles. The van der Waals surface area contributed by atoms with Crippen LogP contribution in [0, 0.1) is 16.7 Å². The maximum absolute atomic E-state index is 10.0. The van der Waals surface area contributed by atoms with Gasteiger partial charge in [0.05, 0.1) is 6.10 Å². The Morgan fingerprint density at radius 1 is 1.33 bits per heavy atom. The second-order valence-corrected chi connectivity index (χ2v) is 5.82. The molecule has 0 aliphatic heterocycles. The molecule has 2 aliphatic carbocycles. The van der Waals surface area contributed by atoms with Crippen molar-refractivity contribution in [1.29, 1.82) is 0 Å². The van der Waals surface area contributed by atoms with Gasteiger partial charge in [0.2, 0.25) is 0 Å². The smallest absolute Gasteiger partial charge is 0.0717 e. The van der Waals surface area contributed by atoms with Gasteiger partial charge < -0.3 is 5.11 Å². The molecule has 0 saturated heterocycles. The molecule has 2 aliphatic rings. The zero-order valence-electron chi connectivity index (χ0n) is 8.04. The van der Waals surface area contributed by atoms with E-state index in [1.807, 2.05) is 0 Å². The molecule has 0 amide bonds. The summed E-state index contributed by atoms with van der Waals surface area (Å²) in [7, 11) is 0. The molecule has 1 nitrogen and oxygen atoms in total. The standard InChI is InChI=1S/C10H18OS/c1-9(2)6-4-5-10(9,3)8(11)7(6)12/h6-8,11-12H,4-5H2,1-3H3/t6-,7+,8+,10-/m0/s1. The van der Waals surface area contributed by atoms with Crippen molar-refractivity contribution in [1.82, 2.24) is 0 Å². The minimum Gasteiger partial charge on any atom is -0.391 e. The molecule has 4 atom stereocenters. The van der Waals surface area contributed by atoms with Crippen molar-refractivity contribution in [2.75, 3.05) is 0 Å². The number of hydrogen-bond acceptors (Lipinski definition) is 2. The molecule has 0 unspecified atom stereocenters. The molecular weight excluding hydrogens is 168 g/mol. The number of thiol groups is 1. The van der Waals surface area contributed by atoms with Gasteiger partial charge in [-0.25, -0.2) is 0 Å². The molecule has 2 fully saturated rings. The Balaban J connectivity index is 2.44. The molecule has 12 heavy (non-hydrogen) atoms. The lowest BCUT2D eigenvalue weighted by Gasteiger charge is -2.36. The number of rotatable bonds is 0. The summed E-state index contributed by atoms with van der Waals surface area (Å²) < 4.78 is 0. The molecule has 0 heterocycles. The summed E-state index contributed by atoms with van der Waals surface area (Å²) in [5, 5.41) is 10.2. The summed E-state index contributed by atoms with van der Waals surface area (Å²) in [4.78, 5) is 0. The third-order valence-electron chi connectivity index (χ3n) is 4.76.